The largest absolute Gasteiger partial charge is 0.489 e. The molecule has 0 saturated heterocycles. The number of ether oxygens (including phenoxy) is 1. The third-order valence-corrected chi connectivity index (χ3v) is 3.05. The molecule has 0 fully saturated rings. The summed E-state index contributed by atoms with van der Waals surface area (Å²) in [6.07, 6.45) is -0.00435. The lowest BCUT2D eigenvalue weighted by Crippen LogP contribution is -2.47. The molecule has 0 radical (unpaired) electrons. The van der Waals surface area contributed by atoms with Crippen LogP contribution in [0.4, 0.5) is 5.69 Å². The molecular weight excluding hydrogens is 280 g/mol. The molecule has 0 bridgehead atoms. The number of amides is 2. The third kappa shape index (κ3) is 4.76. The van der Waals surface area contributed by atoms with Crippen LogP contribution in [0.3, 0.4) is 0 Å². The molecule has 1 rings (SSSR count). The summed E-state index contributed by atoms with van der Waals surface area (Å²) in [4.78, 5) is 24.6. The van der Waals surface area contributed by atoms with Gasteiger partial charge in [0.1, 0.15) is 11.2 Å². The average molecular weight is 306 g/mol. The Hall–Kier alpha value is -2.04. The van der Waals surface area contributed by atoms with Crippen LogP contribution in [0.1, 0.15) is 41.5 Å². The summed E-state index contributed by atoms with van der Waals surface area (Å²) in [5.41, 5.74) is -0.610. The van der Waals surface area contributed by atoms with E-state index in [1.54, 1.807) is 26.0 Å². The zero-order valence-electron chi connectivity index (χ0n) is 14.2. The molecule has 0 aliphatic carbocycles. The van der Waals surface area contributed by atoms with Gasteiger partial charge < -0.3 is 15.4 Å². The molecule has 2 amide bonds. The number of hydrogen-bond acceptors (Lipinski definition) is 3. The van der Waals surface area contributed by atoms with Crippen LogP contribution in [-0.4, -0.2) is 24.0 Å². The van der Waals surface area contributed by atoms with E-state index in [4.69, 9.17) is 4.74 Å². The van der Waals surface area contributed by atoms with E-state index < -0.39 is 5.41 Å². The Morgan fingerprint density at radius 3 is 2.18 bits per heavy atom. The Balaban J connectivity index is 2.90. The molecule has 0 aromatic heterocycles. The predicted octanol–water partition coefficient (Wildman–Crippen LogP) is 2.96. The lowest BCUT2D eigenvalue weighted by molar-refractivity contribution is -0.138. The zero-order valence-corrected chi connectivity index (χ0v) is 14.2. The van der Waals surface area contributed by atoms with Crippen LogP contribution in [0.25, 0.3) is 0 Å². The Morgan fingerprint density at radius 2 is 1.64 bits per heavy atom. The van der Waals surface area contributed by atoms with Gasteiger partial charge in [0.2, 0.25) is 11.8 Å². The third-order valence-electron chi connectivity index (χ3n) is 3.05. The molecule has 5 nitrogen and oxygen atoms in total. The van der Waals surface area contributed by atoms with Crippen LogP contribution in [0.15, 0.2) is 24.3 Å². The second-order valence-corrected chi connectivity index (χ2v) is 6.37. The minimum atomic E-state index is -1.17. The number of hydrogen-bond donors (Lipinski definition) is 2. The van der Waals surface area contributed by atoms with Gasteiger partial charge in [-0.3, -0.25) is 9.59 Å². The smallest absolute Gasteiger partial charge is 0.239 e. The number of carbonyl (C=O) groups is 2. The van der Waals surface area contributed by atoms with Crippen LogP contribution < -0.4 is 15.4 Å². The van der Waals surface area contributed by atoms with Crippen molar-refractivity contribution < 1.29 is 14.3 Å². The summed E-state index contributed by atoms with van der Waals surface area (Å²) < 4.78 is 5.67. The molecule has 0 saturated carbocycles. The minimum Gasteiger partial charge on any atom is -0.489 e. The van der Waals surface area contributed by atoms with Gasteiger partial charge in [-0.1, -0.05) is 12.1 Å². The normalized spacial score (nSPS) is 11.5. The molecule has 1 aromatic carbocycles. The highest BCUT2D eigenvalue weighted by Crippen LogP contribution is 2.27. The van der Waals surface area contributed by atoms with Crippen molar-refractivity contribution in [3.8, 4) is 5.75 Å². The van der Waals surface area contributed by atoms with Gasteiger partial charge in [0.15, 0.2) is 0 Å². The van der Waals surface area contributed by atoms with Crippen molar-refractivity contribution in [1.82, 2.24) is 5.32 Å². The zero-order chi connectivity index (χ0) is 16.9. The lowest BCUT2D eigenvalue weighted by Gasteiger charge is -2.24. The van der Waals surface area contributed by atoms with E-state index in [0.717, 1.165) is 0 Å². The SMILES string of the molecule is CC(C)NC(=O)C(C)(C)C(=O)Nc1ccccc1OC(C)C. The fourth-order valence-electron chi connectivity index (χ4n) is 1.75. The van der Waals surface area contributed by atoms with Crippen LogP contribution in [0.2, 0.25) is 0 Å². The summed E-state index contributed by atoms with van der Waals surface area (Å²) in [5, 5.41) is 5.55. The fourth-order valence-corrected chi connectivity index (χ4v) is 1.75. The molecular formula is C17H26N2O3. The predicted molar refractivity (Wildman–Crippen MR) is 87.9 cm³/mol. The molecule has 1 aromatic rings. The number of anilines is 1. The number of rotatable bonds is 6. The van der Waals surface area contributed by atoms with Gasteiger partial charge >= 0.3 is 0 Å². The molecule has 0 heterocycles. The maximum atomic E-state index is 12.5. The number of para-hydroxylation sites is 2. The van der Waals surface area contributed by atoms with Crippen molar-refractivity contribution in [2.24, 2.45) is 5.41 Å². The maximum Gasteiger partial charge on any atom is 0.239 e. The van der Waals surface area contributed by atoms with Crippen LogP contribution >= 0.6 is 0 Å². The molecule has 0 aliphatic heterocycles. The van der Waals surface area contributed by atoms with E-state index in [1.165, 1.54) is 0 Å². The van der Waals surface area contributed by atoms with Gasteiger partial charge in [0.25, 0.3) is 0 Å². The first kappa shape index (κ1) is 18.0. The van der Waals surface area contributed by atoms with Crippen molar-refractivity contribution in [3.05, 3.63) is 24.3 Å². The van der Waals surface area contributed by atoms with Gasteiger partial charge in [-0.15, -0.1) is 0 Å². The summed E-state index contributed by atoms with van der Waals surface area (Å²) in [6, 6.07) is 7.17. The topological polar surface area (TPSA) is 67.4 Å². The highest BCUT2D eigenvalue weighted by atomic mass is 16.5. The van der Waals surface area contributed by atoms with Crippen molar-refractivity contribution in [3.63, 3.8) is 0 Å². The minimum absolute atomic E-state index is 0.00435. The van der Waals surface area contributed by atoms with Crippen molar-refractivity contribution in [2.45, 2.75) is 53.7 Å². The summed E-state index contributed by atoms with van der Waals surface area (Å²) in [6.45, 7) is 10.8. The van der Waals surface area contributed by atoms with E-state index in [2.05, 4.69) is 10.6 Å². The van der Waals surface area contributed by atoms with E-state index >= 15 is 0 Å². The van der Waals surface area contributed by atoms with Crippen molar-refractivity contribution in [1.29, 1.82) is 0 Å². The number of nitrogens with one attached hydrogen (secondary N) is 2. The molecule has 22 heavy (non-hydrogen) atoms. The van der Waals surface area contributed by atoms with E-state index in [9.17, 15) is 9.59 Å². The molecule has 0 unspecified atom stereocenters. The second kappa shape index (κ2) is 7.29. The molecule has 0 aliphatic rings. The highest BCUT2D eigenvalue weighted by Gasteiger charge is 2.36. The molecule has 0 atom stereocenters. The molecule has 5 heteroatoms. The molecule has 122 valence electrons. The van der Waals surface area contributed by atoms with Gasteiger partial charge in [0.05, 0.1) is 11.8 Å². The van der Waals surface area contributed by atoms with Gasteiger partial charge in [-0.25, -0.2) is 0 Å². The summed E-state index contributed by atoms with van der Waals surface area (Å²) >= 11 is 0. The number of benzene rings is 1. The maximum absolute atomic E-state index is 12.5. The Morgan fingerprint density at radius 1 is 1.05 bits per heavy atom. The second-order valence-electron chi connectivity index (χ2n) is 6.37. The lowest BCUT2D eigenvalue weighted by atomic mass is 9.90. The average Bonchev–Trinajstić information content (AvgIpc) is 2.39. The van der Waals surface area contributed by atoms with Crippen molar-refractivity contribution >= 4 is 17.5 Å². The van der Waals surface area contributed by atoms with E-state index in [0.29, 0.717) is 11.4 Å². The molecule has 0 spiro atoms. The van der Waals surface area contributed by atoms with E-state index in [-0.39, 0.29) is 24.0 Å². The van der Waals surface area contributed by atoms with Gasteiger partial charge in [0, 0.05) is 6.04 Å². The van der Waals surface area contributed by atoms with Crippen LogP contribution in [0, 0.1) is 5.41 Å². The van der Waals surface area contributed by atoms with Gasteiger partial charge in [-0.05, 0) is 53.7 Å². The van der Waals surface area contributed by atoms with Crippen molar-refractivity contribution in [2.75, 3.05) is 5.32 Å². The van der Waals surface area contributed by atoms with E-state index in [1.807, 2.05) is 39.8 Å². The quantitative estimate of drug-likeness (QED) is 0.794. The summed E-state index contributed by atoms with van der Waals surface area (Å²) in [7, 11) is 0. The first-order chi connectivity index (χ1) is 10.1. The van der Waals surface area contributed by atoms with Gasteiger partial charge in [-0.2, -0.15) is 0 Å². The van der Waals surface area contributed by atoms with Crippen LogP contribution in [0.5, 0.6) is 5.75 Å². The Kier molecular flexibility index (Phi) is 5.97. The Bertz CT molecular complexity index is 536. The standard InChI is InChI=1S/C17H26N2O3/c1-11(2)18-15(20)17(5,6)16(21)19-13-9-7-8-10-14(13)22-12(3)4/h7-12H,1-6H3,(H,18,20)(H,19,21). The number of carbonyl (C=O) groups excluding carboxylic acids is 2. The first-order valence-electron chi connectivity index (χ1n) is 7.52. The fraction of sp³-hybridized carbons (Fsp3) is 0.529. The molecule has 2 N–H and O–H groups in total. The first-order valence-corrected chi connectivity index (χ1v) is 7.52. The highest BCUT2D eigenvalue weighted by molar-refractivity contribution is 6.10. The monoisotopic (exact) mass is 306 g/mol. The Labute approximate surface area is 132 Å². The summed E-state index contributed by atoms with van der Waals surface area (Å²) in [5.74, 6) is -0.0846. The van der Waals surface area contributed by atoms with Crippen LogP contribution in [-0.2, 0) is 9.59 Å².